The smallest absolute Gasteiger partial charge is 0.354 e. The van der Waals surface area contributed by atoms with Crippen molar-refractivity contribution >= 4 is 34.8 Å². The molecule has 2 heterocycles. The van der Waals surface area contributed by atoms with Crippen molar-refractivity contribution in [1.29, 1.82) is 0 Å². The van der Waals surface area contributed by atoms with Crippen molar-refractivity contribution in [2.24, 2.45) is 0 Å². The van der Waals surface area contributed by atoms with Crippen LogP contribution in [0.25, 0.3) is 0 Å². The lowest BCUT2D eigenvalue weighted by Gasteiger charge is -2.19. The molecule has 2 aromatic heterocycles. The molecule has 0 bridgehead atoms. The second kappa shape index (κ2) is 6.06. The van der Waals surface area contributed by atoms with Crippen LogP contribution in [0.2, 0.25) is 4.34 Å². The van der Waals surface area contributed by atoms with Crippen LogP contribution >= 0.6 is 22.9 Å². The third-order valence-electron chi connectivity index (χ3n) is 2.70. The van der Waals surface area contributed by atoms with Gasteiger partial charge in [0, 0.05) is 11.4 Å². The minimum Gasteiger partial charge on any atom is -0.477 e. The average Bonchev–Trinajstić information content (AvgIpc) is 3.03. The number of rotatable bonds is 5. The summed E-state index contributed by atoms with van der Waals surface area (Å²) in [6, 6.07) is 3.60. The molecule has 20 heavy (non-hydrogen) atoms. The van der Waals surface area contributed by atoms with Crippen LogP contribution in [0.3, 0.4) is 0 Å². The number of halogens is 1. The second-order valence-electron chi connectivity index (χ2n) is 3.96. The van der Waals surface area contributed by atoms with E-state index < -0.39 is 11.9 Å². The number of carboxylic acids is 1. The van der Waals surface area contributed by atoms with Gasteiger partial charge in [-0.25, -0.2) is 9.78 Å². The van der Waals surface area contributed by atoms with Crippen LogP contribution < -0.4 is 0 Å². The molecule has 0 fully saturated rings. The highest BCUT2D eigenvalue weighted by molar-refractivity contribution is 7.16. The van der Waals surface area contributed by atoms with Gasteiger partial charge in [-0.1, -0.05) is 11.6 Å². The minimum atomic E-state index is -1.21. The number of amides is 1. The predicted molar refractivity (Wildman–Crippen MR) is 75.3 cm³/mol. The van der Waals surface area contributed by atoms with Crippen molar-refractivity contribution in [2.45, 2.75) is 13.5 Å². The number of carbonyl (C=O) groups is 2. The zero-order valence-corrected chi connectivity index (χ0v) is 12.2. The summed E-state index contributed by atoms with van der Waals surface area (Å²) in [7, 11) is 0. The molecule has 0 saturated carbocycles. The highest BCUT2D eigenvalue weighted by atomic mass is 35.5. The monoisotopic (exact) mass is 313 g/mol. The van der Waals surface area contributed by atoms with E-state index >= 15 is 0 Å². The molecule has 0 radical (unpaired) electrons. The first-order chi connectivity index (χ1) is 9.52. The van der Waals surface area contributed by atoms with E-state index in [1.165, 1.54) is 22.6 Å². The molecule has 0 aliphatic heterocycles. The number of nitrogens with zero attached hydrogens (tertiary/aromatic N) is 2. The molecule has 0 unspecified atom stereocenters. The number of carboxylic acid groups (broad SMARTS) is 1. The van der Waals surface area contributed by atoms with E-state index in [0.29, 0.717) is 17.4 Å². The van der Waals surface area contributed by atoms with Gasteiger partial charge in [0.2, 0.25) is 0 Å². The summed E-state index contributed by atoms with van der Waals surface area (Å²) in [5, 5.41) is 8.99. The predicted octanol–water partition coefficient (Wildman–Crippen LogP) is 2.49. The zero-order valence-electron chi connectivity index (χ0n) is 10.6. The molecule has 0 aliphatic carbocycles. The van der Waals surface area contributed by atoms with Crippen molar-refractivity contribution in [3.63, 3.8) is 0 Å². The highest BCUT2D eigenvalue weighted by Gasteiger charge is 2.24. The molecule has 2 rings (SSSR count). The van der Waals surface area contributed by atoms with Gasteiger partial charge in [0.25, 0.3) is 5.91 Å². The van der Waals surface area contributed by atoms with Crippen molar-refractivity contribution < 1.29 is 14.7 Å². The maximum atomic E-state index is 12.3. The first-order valence-electron chi connectivity index (χ1n) is 5.83. The van der Waals surface area contributed by atoms with Crippen LogP contribution in [-0.2, 0) is 6.54 Å². The lowest BCUT2D eigenvalue weighted by atomic mass is 10.2. The Labute approximate surface area is 124 Å². The highest BCUT2D eigenvalue weighted by Crippen LogP contribution is 2.23. The number of hydrogen-bond acceptors (Lipinski definition) is 4. The Morgan fingerprint density at radius 1 is 1.50 bits per heavy atom. The number of aromatic nitrogens is 2. The Morgan fingerprint density at radius 3 is 2.80 bits per heavy atom. The van der Waals surface area contributed by atoms with Crippen LogP contribution in [0.4, 0.5) is 0 Å². The van der Waals surface area contributed by atoms with Crippen LogP contribution in [0.1, 0.15) is 32.8 Å². The van der Waals surface area contributed by atoms with Gasteiger partial charge in [-0.2, -0.15) is 0 Å². The Kier molecular flexibility index (Phi) is 4.41. The molecule has 8 heteroatoms. The Bertz CT molecular complexity index is 637. The summed E-state index contributed by atoms with van der Waals surface area (Å²) in [6.07, 6.45) is 1.20. The number of aromatic amines is 1. The van der Waals surface area contributed by atoms with Gasteiger partial charge in [-0.05, 0) is 19.1 Å². The topological polar surface area (TPSA) is 86.3 Å². The number of aromatic carboxylic acids is 1. The van der Waals surface area contributed by atoms with Crippen LogP contribution in [0.5, 0.6) is 0 Å². The molecule has 0 atom stereocenters. The van der Waals surface area contributed by atoms with E-state index in [9.17, 15) is 9.59 Å². The standard InChI is InChI=1S/C12H12ClN3O3S/c1-2-16(5-7-3-4-8(13)20-7)11(17)9-10(12(18)19)15-6-14-9/h3-4,6H,2,5H2,1H3,(H,14,15)(H,18,19). The molecular formula is C12H12ClN3O3S. The summed E-state index contributed by atoms with van der Waals surface area (Å²) in [6.45, 7) is 2.64. The average molecular weight is 314 g/mol. The fraction of sp³-hybridized carbons (Fsp3) is 0.250. The molecule has 6 nitrogen and oxygen atoms in total. The van der Waals surface area contributed by atoms with Gasteiger partial charge in [-0.3, -0.25) is 4.79 Å². The van der Waals surface area contributed by atoms with E-state index in [4.69, 9.17) is 16.7 Å². The maximum Gasteiger partial charge on any atom is 0.354 e. The van der Waals surface area contributed by atoms with Crippen molar-refractivity contribution in [3.8, 4) is 0 Å². The molecule has 106 valence electrons. The minimum absolute atomic E-state index is 0.0815. The van der Waals surface area contributed by atoms with Gasteiger partial charge >= 0.3 is 5.97 Å². The first kappa shape index (κ1) is 14.5. The summed E-state index contributed by atoms with van der Waals surface area (Å²) in [4.78, 5) is 32.0. The van der Waals surface area contributed by atoms with E-state index in [1.807, 2.05) is 13.0 Å². The number of H-pyrrole nitrogens is 1. The Balaban J connectivity index is 2.20. The Hall–Kier alpha value is -1.86. The molecule has 0 aromatic carbocycles. The first-order valence-corrected chi connectivity index (χ1v) is 7.02. The number of carbonyl (C=O) groups excluding carboxylic acids is 1. The molecule has 2 N–H and O–H groups in total. The lowest BCUT2D eigenvalue weighted by molar-refractivity contribution is 0.0668. The Morgan fingerprint density at radius 2 is 2.25 bits per heavy atom. The molecule has 1 amide bonds. The third kappa shape index (κ3) is 3.00. The summed E-state index contributed by atoms with van der Waals surface area (Å²) in [5.74, 6) is -1.63. The van der Waals surface area contributed by atoms with Gasteiger partial charge < -0.3 is 15.0 Å². The fourth-order valence-electron chi connectivity index (χ4n) is 1.72. The van der Waals surface area contributed by atoms with Gasteiger partial charge in [0.15, 0.2) is 11.4 Å². The van der Waals surface area contributed by atoms with E-state index in [-0.39, 0.29) is 11.4 Å². The molecule has 0 aliphatic rings. The fourth-order valence-corrected chi connectivity index (χ4v) is 2.82. The second-order valence-corrected chi connectivity index (χ2v) is 5.76. The van der Waals surface area contributed by atoms with Crippen LogP contribution in [0, 0.1) is 0 Å². The summed E-state index contributed by atoms with van der Waals surface area (Å²) < 4.78 is 0.648. The molecular weight excluding hydrogens is 302 g/mol. The maximum absolute atomic E-state index is 12.3. The summed E-state index contributed by atoms with van der Waals surface area (Å²) in [5.41, 5.74) is -0.278. The van der Waals surface area contributed by atoms with Gasteiger partial charge in [0.1, 0.15) is 0 Å². The van der Waals surface area contributed by atoms with E-state index in [0.717, 1.165) is 4.88 Å². The van der Waals surface area contributed by atoms with Crippen molar-refractivity contribution in [3.05, 3.63) is 39.1 Å². The largest absolute Gasteiger partial charge is 0.477 e. The summed E-state index contributed by atoms with van der Waals surface area (Å²) >= 11 is 7.24. The number of thiophene rings is 1. The molecule has 0 spiro atoms. The van der Waals surface area contributed by atoms with E-state index in [2.05, 4.69) is 9.97 Å². The van der Waals surface area contributed by atoms with Crippen molar-refractivity contribution in [1.82, 2.24) is 14.9 Å². The number of nitrogens with one attached hydrogen (secondary N) is 1. The molecule has 2 aromatic rings. The van der Waals surface area contributed by atoms with Gasteiger partial charge in [0.05, 0.1) is 17.2 Å². The van der Waals surface area contributed by atoms with Crippen LogP contribution in [0.15, 0.2) is 18.5 Å². The SMILES string of the molecule is CCN(Cc1ccc(Cl)s1)C(=O)c1nc[nH]c1C(=O)O. The quantitative estimate of drug-likeness (QED) is 0.888. The van der Waals surface area contributed by atoms with Gasteiger partial charge in [-0.15, -0.1) is 11.3 Å². The lowest BCUT2D eigenvalue weighted by Crippen LogP contribution is -2.31. The number of imidazole rings is 1. The normalized spacial score (nSPS) is 10.5. The third-order valence-corrected chi connectivity index (χ3v) is 3.92. The zero-order chi connectivity index (χ0) is 14.7. The van der Waals surface area contributed by atoms with Crippen molar-refractivity contribution in [2.75, 3.05) is 6.54 Å². The number of hydrogen-bond donors (Lipinski definition) is 2. The molecule has 0 saturated heterocycles. The van der Waals surface area contributed by atoms with Crippen LogP contribution in [-0.4, -0.2) is 38.4 Å². The van der Waals surface area contributed by atoms with E-state index in [1.54, 1.807) is 6.07 Å².